The van der Waals surface area contributed by atoms with Crippen molar-refractivity contribution in [2.75, 3.05) is 20.1 Å². The average molecular weight is 380 g/mol. The molecule has 6 heteroatoms. The number of aliphatic imine (C=N–C) groups is 1. The van der Waals surface area contributed by atoms with E-state index >= 15 is 0 Å². The van der Waals surface area contributed by atoms with Gasteiger partial charge in [-0.2, -0.15) is 0 Å². The topological polar surface area (TPSA) is 69.6 Å². The predicted molar refractivity (Wildman–Crippen MR) is 112 cm³/mol. The molecule has 1 aliphatic carbocycles. The minimum atomic E-state index is 0.255. The third-order valence-electron chi connectivity index (χ3n) is 5.95. The van der Waals surface area contributed by atoms with Crippen LogP contribution in [-0.4, -0.2) is 47.9 Å². The summed E-state index contributed by atoms with van der Waals surface area (Å²) >= 11 is 0. The maximum atomic E-state index is 12.6. The monoisotopic (exact) mass is 379 g/mol. The van der Waals surface area contributed by atoms with Crippen molar-refractivity contribution in [1.29, 1.82) is 0 Å². The van der Waals surface area contributed by atoms with E-state index < -0.39 is 0 Å². The number of likely N-dealkylation sites (tertiary alicyclic amines) is 1. The predicted octanol–water partition coefficient (Wildman–Crippen LogP) is 2.69. The summed E-state index contributed by atoms with van der Waals surface area (Å²) in [6.45, 7) is 2.30. The van der Waals surface area contributed by atoms with Crippen molar-refractivity contribution >= 4 is 22.8 Å². The van der Waals surface area contributed by atoms with Crippen LogP contribution < -0.4 is 10.6 Å². The van der Waals surface area contributed by atoms with Crippen LogP contribution in [0.2, 0.25) is 0 Å². The van der Waals surface area contributed by atoms with Gasteiger partial charge in [-0.15, -0.1) is 0 Å². The number of nitrogens with one attached hydrogen (secondary N) is 2. The van der Waals surface area contributed by atoms with Crippen molar-refractivity contribution < 1.29 is 4.79 Å². The van der Waals surface area contributed by atoms with Crippen LogP contribution in [0.15, 0.2) is 41.5 Å². The number of aromatic nitrogens is 1. The second-order valence-electron chi connectivity index (χ2n) is 7.81. The Kier molecular flexibility index (Phi) is 5.74. The van der Waals surface area contributed by atoms with Gasteiger partial charge in [-0.05, 0) is 37.0 Å². The van der Waals surface area contributed by atoms with E-state index in [0.717, 1.165) is 49.2 Å². The molecular formula is C22H29N5O. The first-order valence-corrected chi connectivity index (χ1v) is 10.3. The summed E-state index contributed by atoms with van der Waals surface area (Å²) < 4.78 is 0. The molecule has 1 aliphatic heterocycles. The average Bonchev–Trinajstić information content (AvgIpc) is 3.43. The standard InChI is InChI=1S/C22H29N5O/c1-23-22(25-14-17-10-12-24-20-9-5-4-8-19(17)20)26-18-11-13-27(15-18)21(28)16-6-2-3-7-16/h4-5,8-10,12,16,18H,2-3,6-7,11,13-15H2,1H3,(H2,23,25,26). The van der Waals surface area contributed by atoms with Crippen LogP contribution in [0.4, 0.5) is 0 Å². The Hall–Kier alpha value is -2.63. The van der Waals surface area contributed by atoms with Crippen molar-refractivity contribution in [3.8, 4) is 0 Å². The fourth-order valence-electron chi connectivity index (χ4n) is 4.39. The number of guanidine groups is 1. The minimum absolute atomic E-state index is 0.255. The highest BCUT2D eigenvalue weighted by Gasteiger charge is 2.32. The molecule has 0 radical (unpaired) electrons. The molecule has 2 aliphatic rings. The lowest BCUT2D eigenvalue weighted by Crippen LogP contribution is -2.45. The highest BCUT2D eigenvalue weighted by molar-refractivity contribution is 5.84. The molecule has 6 nitrogen and oxygen atoms in total. The lowest BCUT2D eigenvalue weighted by molar-refractivity contribution is -0.134. The van der Waals surface area contributed by atoms with Gasteiger partial charge in [0.1, 0.15) is 0 Å². The number of pyridine rings is 1. The van der Waals surface area contributed by atoms with Crippen LogP contribution in [0.25, 0.3) is 10.9 Å². The molecule has 28 heavy (non-hydrogen) atoms. The van der Waals surface area contributed by atoms with E-state index in [2.05, 4.69) is 26.7 Å². The first-order chi connectivity index (χ1) is 13.7. The Morgan fingerprint density at radius 3 is 2.86 bits per heavy atom. The van der Waals surface area contributed by atoms with Crippen molar-refractivity contribution in [3.05, 3.63) is 42.1 Å². The van der Waals surface area contributed by atoms with Gasteiger partial charge in [0.2, 0.25) is 5.91 Å². The number of nitrogens with zero attached hydrogens (tertiary/aromatic N) is 3. The van der Waals surface area contributed by atoms with E-state index in [0.29, 0.717) is 12.5 Å². The van der Waals surface area contributed by atoms with Gasteiger partial charge in [-0.25, -0.2) is 0 Å². The first kappa shape index (κ1) is 18.7. The Labute approximate surface area is 166 Å². The lowest BCUT2D eigenvalue weighted by Gasteiger charge is -2.21. The van der Waals surface area contributed by atoms with Gasteiger partial charge in [-0.3, -0.25) is 14.8 Å². The molecule has 148 valence electrons. The number of rotatable bonds is 4. The highest BCUT2D eigenvalue weighted by Crippen LogP contribution is 2.27. The Balaban J connectivity index is 1.32. The zero-order valence-electron chi connectivity index (χ0n) is 16.5. The molecule has 2 fully saturated rings. The maximum Gasteiger partial charge on any atom is 0.225 e. The molecule has 2 aromatic rings. The van der Waals surface area contributed by atoms with Crippen LogP contribution >= 0.6 is 0 Å². The molecule has 4 rings (SSSR count). The summed E-state index contributed by atoms with van der Waals surface area (Å²) in [6.07, 6.45) is 7.35. The quantitative estimate of drug-likeness (QED) is 0.633. The van der Waals surface area contributed by atoms with Gasteiger partial charge in [0, 0.05) is 50.2 Å². The van der Waals surface area contributed by atoms with Gasteiger partial charge in [-0.1, -0.05) is 31.0 Å². The molecule has 1 saturated heterocycles. The summed E-state index contributed by atoms with van der Waals surface area (Å²) in [4.78, 5) is 23.5. The minimum Gasteiger partial charge on any atom is -0.352 e. The molecule has 0 bridgehead atoms. The fourth-order valence-corrected chi connectivity index (χ4v) is 4.39. The SMILES string of the molecule is CN=C(NCc1ccnc2ccccc12)NC1CCN(C(=O)C2CCCC2)C1. The van der Waals surface area contributed by atoms with Gasteiger partial charge in [0.25, 0.3) is 0 Å². The lowest BCUT2D eigenvalue weighted by atomic mass is 10.1. The van der Waals surface area contributed by atoms with E-state index in [1.54, 1.807) is 7.05 Å². The summed E-state index contributed by atoms with van der Waals surface area (Å²) in [5, 5.41) is 8.06. The normalized spacial score (nSPS) is 20.7. The van der Waals surface area contributed by atoms with E-state index in [4.69, 9.17) is 0 Å². The van der Waals surface area contributed by atoms with E-state index in [1.165, 1.54) is 18.4 Å². The van der Waals surface area contributed by atoms with Crippen molar-refractivity contribution in [1.82, 2.24) is 20.5 Å². The number of fused-ring (bicyclic) bond motifs is 1. The Morgan fingerprint density at radius 2 is 2.04 bits per heavy atom. The summed E-state index contributed by atoms with van der Waals surface area (Å²) in [5.41, 5.74) is 2.19. The largest absolute Gasteiger partial charge is 0.352 e. The number of hydrogen-bond donors (Lipinski definition) is 2. The number of amides is 1. The number of para-hydroxylation sites is 1. The number of carbonyl (C=O) groups excluding carboxylic acids is 1. The smallest absolute Gasteiger partial charge is 0.225 e. The van der Waals surface area contributed by atoms with Gasteiger partial charge >= 0.3 is 0 Å². The third-order valence-corrected chi connectivity index (χ3v) is 5.95. The molecule has 1 unspecified atom stereocenters. The van der Waals surface area contributed by atoms with E-state index in [9.17, 15) is 4.79 Å². The van der Waals surface area contributed by atoms with Crippen molar-refractivity contribution in [2.24, 2.45) is 10.9 Å². The molecule has 0 spiro atoms. The zero-order valence-corrected chi connectivity index (χ0v) is 16.5. The number of benzene rings is 1. The van der Waals surface area contributed by atoms with Crippen LogP contribution in [0.1, 0.15) is 37.7 Å². The molecular weight excluding hydrogens is 350 g/mol. The van der Waals surface area contributed by atoms with Crippen LogP contribution in [0, 0.1) is 5.92 Å². The van der Waals surface area contributed by atoms with Gasteiger partial charge < -0.3 is 15.5 Å². The maximum absolute atomic E-state index is 12.6. The molecule has 1 aromatic heterocycles. The third kappa shape index (κ3) is 4.11. The summed E-state index contributed by atoms with van der Waals surface area (Å²) in [7, 11) is 1.79. The summed E-state index contributed by atoms with van der Waals surface area (Å²) in [6, 6.07) is 10.5. The van der Waals surface area contributed by atoms with Crippen molar-refractivity contribution in [2.45, 2.75) is 44.7 Å². The Bertz CT molecular complexity index is 854. The zero-order chi connectivity index (χ0) is 19.3. The van der Waals surface area contributed by atoms with Crippen LogP contribution in [0.3, 0.4) is 0 Å². The number of hydrogen-bond acceptors (Lipinski definition) is 3. The Morgan fingerprint density at radius 1 is 1.21 bits per heavy atom. The fraction of sp³-hybridized carbons (Fsp3) is 0.500. The molecule has 2 N–H and O–H groups in total. The van der Waals surface area contributed by atoms with E-state index in [1.807, 2.05) is 35.4 Å². The van der Waals surface area contributed by atoms with Crippen LogP contribution in [0.5, 0.6) is 0 Å². The molecule has 1 atom stereocenters. The van der Waals surface area contributed by atoms with Crippen LogP contribution in [-0.2, 0) is 11.3 Å². The first-order valence-electron chi connectivity index (χ1n) is 10.3. The molecule has 1 saturated carbocycles. The molecule has 2 heterocycles. The van der Waals surface area contributed by atoms with Crippen molar-refractivity contribution in [3.63, 3.8) is 0 Å². The van der Waals surface area contributed by atoms with Gasteiger partial charge in [0.15, 0.2) is 5.96 Å². The second-order valence-corrected chi connectivity index (χ2v) is 7.81. The number of carbonyl (C=O) groups is 1. The molecule has 1 amide bonds. The van der Waals surface area contributed by atoms with E-state index in [-0.39, 0.29) is 12.0 Å². The molecule has 1 aromatic carbocycles. The van der Waals surface area contributed by atoms with Gasteiger partial charge in [0.05, 0.1) is 5.52 Å². The second kappa shape index (κ2) is 8.59. The summed E-state index contributed by atoms with van der Waals surface area (Å²) in [5.74, 6) is 1.39. The highest BCUT2D eigenvalue weighted by atomic mass is 16.2.